The Morgan fingerprint density at radius 2 is 2.38 bits per heavy atom. The van der Waals surface area contributed by atoms with Crippen LogP contribution in [-0.4, -0.2) is 26.1 Å². The molecule has 0 bridgehead atoms. The molecule has 4 nitrogen and oxygen atoms in total. The largest absolute Gasteiger partial charge is 0.383 e. The molecule has 0 aliphatic carbocycles. The van der Waals surface area contributed by atoms with E-state index in [1.165, 1.54) is 6.07 Å². The first-order chi connectivity index (χ1) is 7.70. The van der Waals surface area contributed by atoms with E-state index in [1.54, 1.807) is 19.2 Å². The zero-order chi connectivity index (χ0) is 12.0. The number of nitrogens with two attached hydrogens (primary N) is 1. The summed E-state index contributed by atoms with van der Waals surface area (Å²) < 4.78 is 19.0. The predicted molar refractivity (Wildman–Crippen MR) is 64.7 cm³/mol. The molecule has 0 saturated carbocycles. The van der Waals surface area contributed by atoms with Crippen molar-refractivity contribution in [3.63, 3.8) is 0 Å². The van der Waals surface area contributed by atoms with E-state index in [0.717, 1.165) is 0 Å². The highest BCUT2D eigenvalue weighted by molar-refractivity contribution is 9.10. The van der Waals surface area contributed by atoms with Crippen LogP contribution in [0.4, 0.5) is 4.39 Å². The van der Waals surface area contributed by atoms with Gasteiger partial charge in [0.15, 0.2) is 0 Å². The van der Waals surface area contributed by atoms with Crippen LogP contribution < -0.4 is 11.3 Å². The van der Waals surface area contributed by atoms with E-state index < -0.39 is 0 Å². The number of hydrogen-bond acceptors (Lipinski definition) is 3. The van der Waals surface area contributed by atoms with E-state index >= 15 is 0 Å². The lowest BCUT2D eigenvalue weighted by atomic mass is 10.2. The molecule has 16 heavy (non-hydrogen) atoms. The predicted octanol–water partition coefficient (Wildman–Crippen LogP) is 1.44. The number of benzene rings is 1. The number of hydrogen-bond donors (Lipinski definition) is 2. The van der Waals surface area contributed by atoms with E-state index in [2.05, 4.69) is 26.3 Å². The van der Waals surface area contributed by atoms with Crippen LogP contribution >= 0.6 is 15.9 Å². The second-order valence-electron chi connectivity index (χ2n) is 2.96. The van der Waals surface area contributed by atoms with Crippen molar-refractivity contribution in [1.82, 2.24) is 5.43 Å². The molecule has 0 aliphatic heterocycles. The van der Waals surface area contributed by atoms with Crippen molar-refractivity contribution < 1.29 is 9.13 Å². The highest BCUT2D eigenvalue weighted by Gasteiger charge is 2.11. The summed E-state index contributed by atoms with van der Waals surface area (Å²) in [6, 6.07) is 4.68. The van der Waals surface area contributed by atoms with Crippen LogP contribution in [0, 0.1) is 5.82 Å². The summed E-state index contributed by atoms with van der Waals surface area (Å²) in [6.45, 7) is 0.869. The second kappa shape index (κ2) is 6.57. The van der Waals surface area contributed by atoms with Crippen LogP contribution in [0.15, 0.2) is 27.7 Å². The van der Waals surface area contributed by atoms with Crippen molar-refractivity contribution in [3.05, 3.63) is 34.1 Å². The lowest BCUT2D eigenvalue weighted by Gasteiger charge is -2.09. The molecular formula is C10H13BrFN3O. The lowest BCUT2D eigenvalue weighted by molar-refractivity contribution is 0.208. The molecule has 0 unspecified atom stereocenters. The number of rotatable bonds is 4. The van der Waals surface area contributed by atoms with Crippen LogP contribution in [0.25, 0.3) is 0 Å². The van der Waals surface area contributed by atoms with Crippen LogP contribution in [-0.2, 0) is 4.74 Å². The van der Waals surface area contributed by atoms with Gasteiger partial charge in [0.05, 0.1) is 18.7 Å². The topological polar surface area (TPSA) is 59.6 Å². The van der Waals surface area contributed by atoms with E-state index in [0.29, 0.717) is 29.0 Å². The Hall–Kier alpha value is -0.980. The molecule has 88 valence electrons. The number of nitrogens with one attached hydrogen (secondary N) is 1. The summed E-state index contributed by atoms with van der Waals surface area (Å²) in [7, 11) is 1.57. The van der Waals surface area contributed by atoms with E-state index in [9.17, 15) is 4.39 Å². The summed E-state index contributed by atoms with van der Waals surface area (Å²) in [5, 5.41) is 0. The van der Waals surface area contributed by atoms with Gasteiger partial charge in [-0.2, -0.15) is 0 Å². The highest BCUT2D eigenvalue weighted by Crippen LogP contribution is 2.19. The summed E-state index contributed by atoms with van der Waals surface area (Å²) >= 11 is 3.25. The van der Waals surface area contributed by atoms with Gasteiger partial charge < -0.3 is 10.2 Å². The first-order valence-corrected chi connectivity index (χ1v) is 5.44. The van der Waals surface area contributed by atoms with E-state index in [4.69, 9.17) is 10.6 Å². The minimum absolute atomic E-state index is 0.294. The SMILES string of the molecule is COCCN=C(NN)c1c(F)cccc1Br. The normalized spacial score (nSPS) is 11.6. The smallest absolute Gasteiger partial charge is 0.146 e. The van der Waals surface area contributed by atoms with Crippen molar-refractivity contribution in [3.8, 4) is 0 Å². The molecule has 0 amide bonds. The Bertz CT molecular complexity index is 364. The fourth-order valence-corrected chi connectivity index (χ4v) is 1.70. The standard InChI is InChI=1S/C10H13BrFN3O/c1-16-6-5-14-10(15-13)9-7(11)3-2-4-8(9)12/h2-4H,5-6,13H2,1H3,(H,14,15). The van der Waals surface area contributed by atoms with Gasteiger partial charge in [0.2, 0.25) is 0 Å². The Morgan fingerprint density at radius 1 is 1.62 bits per heavy atom. The molecule has 0 saturated heterocycles. The minimum Gasteiger partial charge on any atom is -0.383 e. The van der Waals surface area contributed by atoms with Gasteiger partial charge in [0, 0.05) is 11.6 Å². The molecule has 1 rings (SSSR count). The molecule has 3 N–H and O–H groups in total. The third kappa shape index (κ3) is 3.26. The maximum Gasteiger partial charge on any atom is 0.146 e. The van der Waals surface area contributed by atoms with Crippen LogP contribution in [0.3, 0.4) is 0 Å². The number of halogens is 2. The van der Waals surface area contributed by atoms with Gasteiger partial charge in [-0.3, -0.25) is 4.99 Å². The van der Waals surface area contributed by atoms with Gasteiger partial charge in [0.25, 0.3) is 0 Å². The monoisotopic (exact) mass is 289 g/mol. The third-order valence-corrected chi connectivity index (χ3v) is 2.56. The van der Waals surface area contributed by atoms with Crippen molar-refractivity contribution >= 4 is 21.8 Å². The molecule has 0 heterocycles. The molecule has 0 aliphatic rings. The third-order valence-electron chi connectivity index (χ3n) is 1.90. The molecule has 0 atom stereocenters. The van der Waals surface area contributed by atoms with Gasteiger partial charge in [-0.1, -0.05) is 6.07 Å². The molecule has 1 aromatic carbocycles. The number of aliphatic imine (C=N–C) groups is 1. The second-order valence-corrected chi connectivity index (χ2v) is 3.82. The molecular weight excluding hydrogens is 277 g/mol. The van der Waals surface area contributed by atoms with Crippen molar-refractivity contribution in [2.24, 2.45) is 10.8 Å². The molecule has 0 fully saturated rings. The van der Waals surface area contributed by atoms with Crippen LogP contribution in [0.5, 0.6) is 0 Å². The summed E-state index contributed by atoms with van der Waals surface area (Å²) in [6.07, 6.45) is 0. The number of ether oxygens (including phenoxy) is 1. The van der Waals surface area contributed by atoms with Gasteiger partial charge in [-0.25, -0.2) is 10.2 Å². The Kier molecular flexibility index (Phi) is 5.37. The molecule has 6 heteroatoms. The maximum atomic E-state index is 13.6. The average Bonchev–Trinajstić information content (AvgIpc) is 2.26. The van der Waals surface area contributed by atoms with Crippen molar-refractivity contribution in [2.75, 3.05) is 20.3 Å². The van der Waals surface area contributed by atoms with Gasteiger partial charge in [-0.15, -0.1) is 0 Å². The van der Waals surface area contributed by atoms with Crippen molar-refractivity contribution in [2.45, 2.75) is 0 Å². The summed E-state index contributed by atoms with van der Waals surface area (Å²) in [4.78, 5) is 4.11. The van der Waals surface area contributed by atoms with Gasteiger partial charge in [0.1, 0.15) is 11.7 Å². The first-order valence-electron chi connectivity index (χ1n) is 4.65. The lowest BCUT2D eigenvalue weighted by Crippen LogP contribution is -2.32. The molecule has 1 aromatic rings. The Balaban J connectivity index is 2.99. The molecule has 0 spiro atoms. The highest BCUT2D eigenvalue weighted by atomic mass is 79.9. The zero-order valence-electron chi connectivity index (χ0n) is 8.84. The molecule has 0 radical (unpaired) electrons. The fourth-order valence-electron chi connectivity index (χ4n) is 1.17. The van der Waals surface area contributed by atoms with Crippen LogP contribution in [0.1, 0.15) is 5.56 Å². The number of hydrazine groups is 1. The first kappa shape index (κ1) is 13.1. The summed E-state index contributed by atoms with van der Waals surface area (Å²) in [5.74, 6) is 5.22. The van der Waals surface area contributed by atoms with Gasteiger partial charge in [-0.05, 0) is 28.1 Å². The average molecular weight is 290 g/mol. The Labute approximate surface area is 102 Å². The van der Waals surface area contributed by atoms with E-state index in [1.807, 2.05) is 0 Å². The number of amidine groups is 1. The minimum atomic E-state index is -0.386. The van der Waals surface area contributed by atoms with Crippen LogP contribution in [0.2, 0.25) is 0 Å². The molecule has 0 aromatic heterocycles. The number of methoxy groups -OCH3 is 1. The van der Waals surface area contributed by atoms with Gasteiger partial charge >= 0.3 is 0 Å². The summed E-state index contributed by atoms with van der Waals surface area (Å²) in [5.41, 5.74) is 2.70. The quantitative estimate of drug-likeness (QED) is 0.290. The number of nitrogens with zero attached hydrogens (tertiary/aromatic N) is 1. The van der Waals surface area contributed by atoms with Crippen molar-refractivity contribution in [1.29, 1.82) is 0 Å². The van der Waals surface area contributed by atoms with E-state index in [-0.39, 0.29) is 5.82 Å². The fraction of sp³-hybridized carbons (Fsp3) is 0.300. The zero-order valence-corrected chi connectivity index (χ0v) is 10.4. The maximum absolute atomic E-state index is 13.6. The Morgan fingerprint density at radius 3 is 2.94 bits per heavy atom.